The number of nitrogens with one attached hydrogen (secondary N) is 1. The largest absolute Gasteiger partial charge is 0.391 e. The maximum atomic E-state index is 14.2. The van der Waals surface area contributed by atoms with E-state index in [-0.39, 0.29) is 24.4 Å². The molecule has 128 valence electrons. The van der Waals surface area contributed by atoms with E-state index in [0.29, 0.717) is 16.5 Å². The number of aromatic nitrogens is 2. The highest BCUT2D eigenvalue weighted by molar-refractivity contribution is 6.06. The first-order valence-corrected chi connectivity index (χ1v) is 7.90. The monoisotopic (exact) mass is 343 g/mol. The van der Waals surface area contributed by atoms with Crippen LogP contribution in [0.5, 0.6) is 0 Å². The number of rotatable bonds is 2. The summed E-state index contributed by atoms with van der Waals surface area (Å²) in [6.07, 6.45) is 0.917. The summed E-state index contributed by atoms with van der Waals surface area (Å²) in [5.74, 6) is -1.53. The van der Waals surface area contributed by atoms with Gasteiger partial charge in [0.05, 0.1) is 29.4 Å². The van der Waals surface area contributed by atoms with E-state index >= 15 is 0 Å². The van der Waals surface area contributed by atoms with Crippen LogP contribution in [0.1, 0.15) is 28.4 Å². The van der Waals surface area contributed by atoms with Gasteiger partial charge < -0.3 is 10.0 Å². The number of aliphatic hydroxyl groups excluding tert-OH is 1. The van der Waals surface area contributed by atoms with Gasteiger partial charge in [0, 0.05) is 17.5 Å². The van der Waals surface area contributed by atoms with Crippen LogP contribution in [0.15, 0.2) is 42.6 Å². The molecule has 3 aromatic rings. The Balaban J connectivity index is 1.76. The van der Waals surface area contributed by atoms with Gasteiger partial charge in [-0.15, -0.1) is 0 Å². The van der Waals surface area contributed by atoms with Gasteiger partial charge in [-0.25, -0.2) is 8.78 Å². The van der Waals surface area contributed by atoms with Crippen molar-refractivity contribution in [2.45, 2.75) is 18.6 Å². The number of carbonyl (C=O) groups excluding carboxylic acids is 1. The molecule has 2 N–H and O–H groups in total. The number of carbonyl (C=O) groups is 1. The molecule has 2 atom stereocenters. The average Bonchev–Trinajstić information content (AvgIpc) is 3.22. The Bertz CT molecular complexity index is 956. The molecule has 1 amide bonds. The standard InChI is InChI=1S/C18H15F2N3O2/c19-10-4-5-15(20)13(6-10)17-7-11(24)9-23(17)18(25)12-2-1-3-16-14(12)8-21-22-16/h1-6,8,11,17,24H,7,9H2,(H,21,22)/t11-,17-/m0/s1. The fraction of sp³-hybridized carbons (Fsp3) is 0.222. The first-order valence-electron chi connectivity index (χ1n) is 7.90. The van der Waals surface area contributed by atoms with Crippen LogP contribution in [0.25, 0.3) is 10.9 Å². The molecule has 1 aliphatic rings. The topological polar surface area (TPSA) is 69.2 Å². The highest BCUT2D eigenvalue weighted by atomic mass is 19.1. The zero-order chi connectivity index (χ0) is 17.6. The molecule has 0 radical (unpaired) electrons. The highest BCUT2D eigenvalue weighted by Gasteiger charge is 2.37. The van der Waals surface area contributed by atoms with Crippen molar-refractivity contribution in [3.8, 4) is 0 Å². The van der Waals surface area contributed by atoms with Crippen LogP contribution in [0.3, 0.4) is 0 Å². The lowest BCUT2D eigenvalue weighted by molar-refractivity contribution is 0.0715. The molecule has 1 aromatic heterocycles. The van der Waals surface area contributed by atoms with E-state index in [2.05, 4.69) is 10.2 Å². The maximum absolute atomic E-state index is 14.2. The van der Waals surface area contributed by atoms with Crippen LogP contribution in [-0.2, 0) is 0 Å². The Kier molecular flexibility index (Phi) is 3.73. The molecule has 5 nitrogen and oxygen atoms in total. The maximum Gasteiger partial charge on any atom is 0.255 e. The number of amides is 1. The minimum Gasteiger partial charge on any atom is -0.391 e. The second-order valence-corrected chi connectivity index (χ2v) is 6.17. The van der Waals surface area contributed by atoms with Crippen LogP contribution in [0.4, 0.5) is 8.78 Å². The number of hydrogen-bond donors (Lipinski definition) is 2. The molecule has 7 heteroatoms. The van der Waals surface area contributed by atoms with Crippen LogP contribution < -0.4 is 0 Å². The normalized spacial score (nSPS) is 20.4. The van der Waals surface area contributed by atoms with Crippen LogP contribution in [0.2, 0.25) is 0 Å². The fourth-order valence-corrected chi connectivity index (χ4v) is 3.41. The summed E-state index contributed by atoms with van der Waals surface area (Å²) in [7, 11) is 0. The lowest BCUT2D eigenvalue weighted by Gasteiger charge is -2.25. The van der Waals surface area contributed by atoms with Crippen LogP contribution >= 0.6 is 0 Å². The van der Waals surface area contributed by atoms with Crippen molar-refractivity contribution in [1.82, 2.24) is 15.1 Å². The minimum atomic E-state index is -0.792. The Labute approximate surface area is 141 Å². The molecule has 0 saturated carbocycles. The van der Waals surface area contributed by atoms with Gasteiger partial charge in [0.25, 0.3) is 5.91 Å². The van der Waals surface area contributed by atoms with Crippen LogP contribution in [0, 0.1) is 11.6 Å². The molecule has 4 rings (SSSR count). The minimum absolute atomic E-state index is 0.0632. The predicted octanol–water partition coefficient (Wildman–Crippen LogP) is 2.79. The highest BCUT2D eigenvalue weighted by Crippen LogP contribution is 2.35. The zero-order valence-electron chi connectivity index (χ0n) is 13.1. The number of H-pyrrole nitrogens is 1. The van der Waals surface area contributed by atoms with E-state index in [1.54, 1.807) is 24.4 Å². The van der Waals surface area contributed by atoms with E-state index in [1.165, 1.54) is 4.90 Å². The van der Waals surface area contributed by atoms with Crippen molar-refractivity contribution in [2.24, 2.45) is 0 Å². The van der Waals surface area contributed by atoms with Gasteiger partial charge >= 0.3 is 0 Å². The van der Waals surface area contributed by atoms with E-state index in [9.17, 15) is 18.7 Å². The van der Waals surface area contributed by atoms with E-state index < -0.39 is 23.8 Å². The molecule has 1 saturated heterocycles. The second-order valence-electron chi connectivity index (χ2n) is 6.17. The zero-order valence-corrected chi connectivity index (χ0v) is 13.1. The van der Waals surface area contributed by atoms with Crippen molar-refractivity contribution >= 4 is 16.8 Å². The van der Waals surface area contributed by atoms with E-state index in [1.807, 2.05) is 0 Å². The molecule has 2 heterocycles. The quantitative estimate of drug-likeness (QED) is 0.752. The number of benzene rings is 2. The third kappa shape index (κ3) is 2.66. The van der Waals surface area contributed by atoms with Gasteiger partial charge in [-0.05, 0) is 36.8 Å². The number of nitrogens with zero attached hydrogens (tertiary/aromatic N) is 2. The Morgan fingerprint density at radius 2 is 2.12 bits per heavy atom. The van der Waals surface area contributed by atoms with Crippen molar-refractivity contribution in [2.75, 3.05) is 6.54 Å². The Morgan fingerprint density at radius 3 is 2.96 bits per heavy atom. The summed E-state index contributed by atoms with van der Waals surface area (Å²) >= 11 is 0. The summed E-state index contributed by atoms with van der Waals surface area (Å²) in [5.41, 5.74) is 1.19. The summed E-state index contributed by atoms with van der Waals surface area (Å²) in [5, 5.41) is 17.4. The number of hydrogen-bond acceptors (Lipinski definition) is 3. The average molecular weight is 343 g/mol. The van der Waals surface area contributed by atoms with Gasteiger partial charge in [0.1, 0.15) is 11.6 Å². The van der Waals surface area contributed by atoms with Gasteiger partial charge in [0.15, 0.2) is 0 Å². The molecule has 0 spiro atoms. The van der Waals surface area contributed by atoms with Crippen molar-refractivity contribution in [3.05, 3.63) is 65.4 Å². The van der Waals surface area contributed by atoms with E-state index in [0.717, 1.165) is 18.2 Å². The van der Waals surface area contributed by atoms with Gasteiger partial charge in [-0.2, -0.15) is 5.10 Å². The van der Waals surface area contributed by atoms with Crippen molar-refractivity contribution in [1.29, 1.82) is 0 Å². The summed E-state index contributed by atoms with van der Waals surface area (Å²) in [6.45, 7) is 0.0632. The molecular formula is C18H15F2N3O2. The Hall–Kier alpha value is -2.80. The number of aliphatic hydroxyl groups is 1. The van der Waals surface area contributed by atoms with Gasteiger partial charge in [-0.1, -0.05) is 6.07 Å². The number of fused-ring (bicyclic) bond motifs is 1. The number of β-amino-alcohol motifs (C(OH)–C–C–N with tert-alkyl or cyclic N) is 1. The molecule has 0 aliphatic carbocycles. The molecule has 2 aromatic carbocycles. The first-order chi connectivity index (χ1) is 12.0. The predicted molar refractivity (Wildman–Crippen MR) is 86.9 cm³/mol. The van der Waals surface area contributed by atoms with Crippen molar-refractivity contribution in [3.63, 3.8) is 0 Å². The molecule has 0 unspecified atom stereocenters. The summed E-state index contributed by atoms with van der Waals surface area (Å²) in [4.78, 5) is 14.4. The smallest absolute Gasteiger partial charge is 0.255 e. The SMILES string of the molecule is O=C(c1cccc2[nH]ncc12)N1C[C@@H](O)C[C@H]1c1cc(F)ccc1F. The third-order valence-corrected chi connectivity index (χ3v) is 4.57. The molecule has 0 bridgehead atoms. The van der Waals surface area contributed by atoms with Crippen LogP contribution in [-0.4, -0.2) is 38.8 Å². The second kappa shape index (κ2) is 5.93. The third-order valence-electron chi connectivity index (χ3n) is 4.57. The number of halogens is 2. The number of aromatic amines is 1. The fourth-order valence-electron chi connectivity index (χ4n) is 3.41. The molecule has 1 aliphatic heterocycles. The lowest BCUT2D eigenvalue weighted by atomic mass is 10.0. The van der Waals surface area contributed by atoms with Crippen molar-refractivity contribution < 1.29 is 18.7 Å². The summed E-state index contributed by atoms with van der Waals surface area (Å²) < 4.78 is 27.8. The summed E-state index contributed by atoms with van der Waals surface area (Å²) in [6, 6.07) is 7.60. The number of likely N-dealkylation sites (tertiary alicyclic amines) is 1. The lowest BCUT2D eigenvalue weighted by Crippen LogP contribution is -2.32. The first kappa shape index (κ1) is 15.7. The van der Waals surface area contributed by atoms with Gasteiger partial charge in [-0.3, -0.25) is 9.89 Å². The molecular weight excluding hydrogens is 328 g/mol. The molecule has 1 fully saturated rings. The molecule has 25 heavy (non-hydrogen) atoms. The van der Waals surface area contributed by atoms with E-state index in [4.69, 9.17) is 0 Å². The van der Waals surface area contributed by atoms with Gasteiger partial charge in [0.2, 0.25) is 0 Å². The Morgan fingerprint density at radius 1 is 1.28 bits per heavy atom.